The molecule has 1 amide bonds. The second-order valence-corrected chi connectivity index (χ2v) is 8.58. The lowest BCUT2D eigenvalue weighted by Gasteiger charge is -2.27. The molecule has 0 fully saturated rings. The largest absolute Gasteiger partial charge is 0.489 e. The minimum absolute atomic E-state index is 0.303. The molecule has 0 aromatic heterocycles. The van der Waals surface area contributed by atoms with Gasteiger partial charge in [0.25, 0.3) is 5.91 Å². The van der Waals surface area contributed by atoms with Gasteiger partial charge in [0.2, 0.25) is 0 Å². The third-order valence-electron chi connectivity index (χ3n) is 5.38. The lowest BCUT2D eigenvalue weighted by atomic mass is 9.85. The third-order valence-corrected chi connectivity index (χ3v) is 5.97. The molecule has 0 radical (unpaired) electrons. The predicted octanol–water partition coefficient (Wildman–Crippen LogP) is 5.96. The van der Waals surface area contributed by atoms with E-state index in [0.717, 1.165) is 11.1 Å². The number of benzene rings is 4. The number of carbonyl (C=O) groups excluding carboxylic acids is 1. The third kappa shape index (κ3) is 5.89. The van der Waals surface area contributed by atoms with E-state index in [-0.39, 0.29) is 0 Å². The molecule has 4 aromatic rings. The van der Waals surface area contributed by atoms with Gasteiger partial charge in [-0.2, -0.15) is 5.10 Å². The summed E-state index contributed by atoms with van der Waals surface area (Å²) in [5, 5.41) is 16.6. The molecular weight excluding hydrogens is 483 g/mol. The van der Waals surface area contributed by atoms with Crippen molar-refractivity contribution in [3.05, 3.63) is 135 Å². The molecule has 4 aromatic carbocycles. The topological polar surface area (TPSA) is 70.9 Å². The minimum atomic E-state index is -1.89. The molecule has 0 aliphatic heterocycles. The van der Waals surface area contributed by atoms with Crippen LogP contribution in [0.5, 0.6) is 5.75 Å². The number of carbonyl (C=O) groups is 1. The number of halogens is 2. The first-order chi connectivity index (χ1) is 17.0. The highest BCUT2D eigenvalue weighted by Gasteiger charge is 2.39. The van der Waals surface area contributed by atoms with Crippen LogP contribution in [0.3, 0.4) is 0 Å². The molecule has 0 aliphatic rings. The number of aliphatic hydroxyl groups is 1. The van der Waals surface area contributed by atoms with Crippen LogP contribution in [-0.4, -0.2) is 17.2 Å². The van der Waals surface area contributed by atoms with Crippen molar-refractivity contribution in [3.8, 4) is 5.75 Å². The molecule has 0 bridgehead atoms. The van der Waals surface area contributed by atoms with Crippen molar-refractivity contribution in [1.29, 1.82) is 0 Å². The van der Waals surface area contributed by atoms with E-state index < -0.39 is 11.5 Å². The average molecular weight is 505 g/mol. The van der Waals surface area contributed by atoms with E-state index in [9.17, 15) is 9.90 Å². The molecule has 0 aliphatic carbocycles. The van der Waals surface area contributed by atoms with Crippen molar-refractivity contribution >= 4 is 35.3 Å². The number of rotatable bonds is 8. The van der Waals surface area contributed by atoms with Crippen LogP contribution >= 0.6 is 23.2 Å². The molecule has 176 valence electrons. The quantitative estimate of drug-likeness (QED) is 0.229. The summed E-state index contributed by atoms with van der Waals surface area (Å²) in [5.74, 6) is -0.00863. The van der Waals surface area contributed by atoms with Crippen molar-refractivity contribution in [3.63, 3.8) is 0 Å². The second kappa shape index (κ2) is 11.2. The zero-order valence-corrected chi connectivity index (χ0v) is 20.1. The maximum absolute atomic E-state index is 13.1. The molecule has 0 atom stereocenters. The Morgan fingerprint density at radius 3 is 2.06 bits per heavy atom. The fraction of sp³-hybridized carbons (Fsp3) is 0.0714. The number of amides is 1. The van der Waals surface area contributed by atoms with Gasteiger partial charge < -0.3 is 9.84 Å². The van der Waals surface area contributed by atoms with Crippen LogP contribution in [0.2, 0.25) is 10.0 Å². The van der Waals surface area contributed by atoms with Crippen molar-refractivity contribution in [1.82, 2.24) is 5.43 Å². The summed E-state index contributed by atoms with van der Waals surface area (Å²) < 4.78 is 5.78. The second-order valence-electron chi connectivity index (χ2n) is 7.74. The molecule has 35 heavy (non-hydrogen) atoms. The summed E-state index contributed by atoms with van der Waals surface area (Å²) in [6.07, 6.45) is 1.49. The highest BCUT2D eigenvalue weighted by Crippen LogP contribution is 2.30. The van der Waals surface area contributed by atoms with E-state index >= 15 is 0 Å². The lowest BCUT2D eigenvalue weighted by Crippen LogP contribution is -2.43. The Morgan fingerprint density at radius 1 is 0.886 bits per heavy atom. The van der Waals surface area contributed by atoms with Crippen LogP contribution in [0, 0.1) is 0 Å². The molecule has 0 saturated carbocycles. The van der Waals surface area contributed by atoms with Crippen LogP contribution in [-0.2, 0) is 17.0 Å². The summed E-state index contributed by atoms with van der Waals surface area (Å²) in [4.78, 5) is 13.1. The van der Waals surface area contributed by atoms with Crippen molar-refractivity contribution in [2.45, 2.75) is 12.2 Å². The molecule has 5 nitrogen and oxygen atoms in total. The summed E-state index contributed by atoms with van der Waals surface area (Å²) in [5.41, 5.74) is 3.04. The molecular formula is C28H22Cl2N2O3. The van der Waals surface area contributed by atoms with Crippen LogP contribution < -0.4 is 10.2 Å². The van der Waals surface area contributed by atoms with Gasteiger partial charge in [0.05, 0.1) is 6.21 Å². The standard InChI is InChI=1S/C28H22Cl2N2O3/c29-24-14-13-21(26(30)17-24)19-35-25-15-11-20(12-16-25)18-31-32-27(33)28(34,22-7-3-1-4-8-22)23-9-5-2-6-10-23/h1-18,34H,19H2,(H,32,33)/b31-18+. The first kappa shape index (κ1) is 24.5. The zero-order valence-electron chi connectivity index (χ0n) is 18.6. The van der Waals surface area contributed by atoms with Crippen molar-refractivity contribution in [2.24, 2.45) is 5.10 Å². The first-order valence-corrected chi connectivity index (χ1v) is 11.6. The van der Waals surface area contributed by atoms with E-state index in [2.05, 4.69) is 10.5 Å². The number of nitrogens with one attached hydrogen (secondary N) is 1. The fourth-order valence-corrected chi connectivity index (χ4v) is 3.95. The lowest BCUT2D eigenvalue weighted by molar-refractivity contribution is -0.136. The SMILES string of the molecule is O=C(N/N=C/c1ccc(OCc2ccc(Cl)cc2Cl)cc1)C(O)(c1ccccc1)c1ccccc1. The number of hydrogen-bond acceptors (Lipinski definition) is 4. The van der Waals surface area contributed by atoms with E-state index in [1.54, 1.807) is 84.9 Å². The van der Waals surface area contributed by atoms with Crippen LogP contribution in [0.4, 0.5) is 0 Å². The van der Waals surface area contributed by atoms with E-state index in [0.29, 0.717) is 33.5 Å². The summed E-state index contributed by atoms with van der Waals surface area (Å²) >= 11 is 12.1. The van der Waals surface area contributed by atoms with Gasteiger partial charge in [-0.05, 0) is 53.1 Å². The van der Waals surface area contributed by atoms with Gasteiger partial charge in [-0.1, -0.05) is 89.9 Å². The Balaban J connectivity index is 1.42. The fourth-order valence-electron chi connectivity index (χ4n) is 3.48. The molecule has 0 saturated heterocycles. The number of nitrogens with zero attached hydrogens (tertiary/aromatic N) is 1. The number of hydrazone groups is 1. The van der Waals surface area contributed by atoms with E-state index in [1.807, 2.05) is 18.2 Å². The molecule has 7 heteroatoms. The minimum Gasteiger partial charge on any atom is -0.489 e. The molecule has 0 heterocycles. The summed E-state index contributed by atoms with van der Waals surface area (Å²) in [6, 6.07) is 30.0. The summed E-state index contributed by atoms with van der Waals surface area (Å²) in [7, 11) is 0. The average Bonchev–Trinajstić information content (AvgIpc) is 2.89. The smallest absolute Gasteiger partial charge is 0.281 e. The normalized spacial score (nSPS) is 11.4. The van der Waals surface area contributed by atoms with Gasteiger partial charge in [-0.25, -0.2) is 5.43 Å². The Labute approximate surface area is 213 Å². The predicted molar refractivity (Wildman–Crippen MR) is 139 cm³/mol. The van der Waals surface area contributed by atoms with Crippen molar-refractivity contribution < 1.29 is 14.6 Å². The Hall–Kier alpha value is -3.64. The molecule has 0 spiro atoms. The molecule has 0 unspecified atom stereocenters. The molecule has 2 N–H and O–H groups in total. The van der Waals surface area contributed by atoms with Gasteiger partial charge in [-0.15, -0.1) is 0 Å². The molecule has 4 rings (SSSR count). The van der Waals surface area contributed by atoms with Crippen molar-refractivity contribution in [2.75, 3.05) is 0 Å². The van der Waals surface area contributed by atoms with Gasteiger partial charge in [0.1, 0.15) is 12.4 Å². The van der Waals surface area contributed by atoms with E-state index in [1.165, 1.54) is 6.21 Å². The monoisotopic (exact) mass is 504 g/mol. The van der Waals surface area contributed by atoms with Gasteiger partial charge in [0, 0.05) is 15.6 Å². The Bertz CT molecular complexity index is 1270. The van der Waals surface area contributed by atoms with Crippen LogP contribution in [0.25, 0.3) is 0 Å². The maximum Gasteiger partial charge on any atom is 0.281 e. The first-order valence-electron chi connectivity index (χ1n) is 10.8. The number of hydrogen-bond donors (Lipinski definition) is 2. The van der Waals surface area contributed by atoms with Gasteiger partial charge in [-0.3, -0.25) is 4.79 Å². The number of ether oxygens (including phenoxy) is 1. The Kier molecular flexibility index (Phi) is 7.83. The maximum atomic E-state index is 13.1. The highest BCUT2D eigenvalue weighted by molar-refractivity contribution is 6.35. The van der Waals surface area contributed by atoms with Crippen LogP contribution in [0.1, 0.15) is 22.3 Å². The van der Waals surface area contributed by atoms with Gasteiger partial charge >= 0.3 is 0 Å². The van der Waals surface area contributed by atoms with E-state index in [4.69, 9.17) is 27.9 Å². The van der Waals surface area contributed by atoms with Gasteiger partial charge in [0.15, 0.2) is 5.60 Å². The Morgan fingerprint density at radius 2 is 1.49 bits per heavy atom. The summed E-state index contributed by atoms with van der Waals surface area (Å²) in [6.45, 7) is 0.303. The highest BCUT2D eigenvalue weighted by atomic mass is 35.5. The zero-order chi connectivity index (χ0) is 24.7. The van der Waals surface area contributed by atoms with Crippen LogP contribution in [0.15, 0.2) is 108 Å².